The molecule has 0 spiro atoms. The summed E-state index contributed by atoms with van der Waals surface area (Å²) in [5, 5.41) is 0. The first-order valence-corrected chi connectivity index (χ1v) is 12.8. The van der Waals surface area contributed by atoms with E-state index in [1.54, 1.807) is 12.1 Å². The van der Waals surface area contributed by atoms with Crippen molar-refractivity contribution in [2.45, 2.75) is 64.7 Å². The van der Waals surface area contributed by atoms with E-state index in [0.29, 0.717) is 5.92 Å². The van der Waals surface area contributed by atoms with Crippen molar-refractivity contribution in [2.24, 2.45) is 5.92 Å². The number of fused-ring (bicyclic) bond motifs is 1. The lowest BCUT2D eigenvalue weighted by atomic mass is 9.71. The van der Waals surface area contributed by atoms with Crippen LogP contribution in [0.3, 0.4) is 0 Å². The molecule has 0 radical (unpaired) electrons. The first-order chi connectivity index (χ1) is 15.4. The first kappa shape index (κ1) is 23.2. The molecule has 2 nitrogen and oxygen atoms in total. The highest BCUT2D eigenvalue weighted by atomic mass is 127. The van der Waals surface area contributed by atoms with Crippen LogP contribution in [0.1, 0.15) is 69.0 Å². The zero-order valence-corrected chi connectivity index (χ0v) is 21.4. The molecule has 0 bridgehead atoms. The molecule has 2 aromatic carbocycles. The molecule has 0 saturated carbocycles. The fraction of sp³-hybridized carbons (Fsp3) is 0.393. The van der Waals surface area contributed by atoms with Gasteiger partial charge in [0.15, 0.2) is 0 Å². The predicted molar refractivity (Wildman–Crippen MR) is 140 cm³/mol. The smallest absolute Gasteiger partial charge is 0.123 e. The van der Waals surface area contributed by atoms with Crippen LogP contribution in [0.5, 0.6) is 0 Å². The van der Waals surface area contributed by atoms with E-state index >= 15 is 0 Å². The Labute approximate surface area is 204 Å². The average Bonchev–Trinajstić information content (AvgIpc) is 3.25. The summed E-state index contributed by atoms with van der Waals surface area (Å²) in [5.41, 5.74) is 5.54. The van der Waals surface area contributed by atoms with Gasteiger partial charge in [0, 0.05) is 9.13 Å². The molecule has 3 aromatic rings. The Bertz CT molecular complexity index is 1110. The van der Waals surface area contributed by atoms with Gasteiger partial charge in [0.2, 0.25) is 0 Å². The molecular formula is C28H32FIN2. The minimum Gasteiger partial charge on any atom is -0.341 e. The van der Waals surface area contributed by atoms with Gasteiger partial charge in [-0.3, -0.25) is 0 Å². The third-order valence-corrected chi connectivity index (χ3v) is 7.39. The number of aryl methyl sites for hydroxylation is 1. The number of imidazole rings is 1. The highest BCUT2D eigenvalue weighted by molar-refractivity contribution is 14.1. The lowest BCUT2D eigenvalue weighted by molar-refractivity contribution is 0.389. The Morgan fingerprint density at radius 3 is 2.81 bits per heavy atom. The minimum absolute atomic E-state index is 0.181. The van der Waals surface area contributed by atoms with Gasteiger partial charge in [0.25, 0.3) is 0 Å². The number of aromatic amines is 1. The summed E-state index contributed by atoms with van der Waals surface area (Å²) in [7, 11) is 0. The summed E-state index contributed by atoms with van der Waals surface area (Å²) in [4.78, 5) is 8.49. The highest BCUT2D eigenvalue weighted by Crippen LogP contribution is 2.41. The van der Waals surface area contributed by atoms with Crippen molar-refractivity contribution >= 4 is 28.7 Å². The van der Waals surface area contributed by atoms with Gasteiger partial charge in [0.05, 0.1) is 17.3 Å². The van der Waals surface area contributed by atoms with Crippen molar-refractivity contribution < 1.29 is 4.39 Å². The van der Waals surface area contributed by atoms with Crippen LogP contribution in [0.25, 0.3) is 17.3 Å². The molecule has 0 saturated heterocycles. The van der Waals surface area contributed by atoms with Crippen molar-refractivity contribution in [1.29, 1.82) is 0 Å². The summed E-state index contributed by atoms with van der Waals surface area (Å²) in [6.07, 6.45) is 12.9. The SMILES string of the molecule is CCCCCc1ccc(F)cc1-c1cnc(C2(CC(C)C)C=Cc3c(I)cccc3C2)[nH]1. The van der Waals surface area contributed by atoms with Gasteiger partial charge < -0.3 is 4.98 Å². The van der Waals surface area contributed by atoms with Crippen LogP contribution in [0.4, 0.5) is 4.39 Å². The van der Waals surface area contributed by atoms with E-state index in [9.17, 15) is 4.39 Å². The van der Waals surface area contributed by atoms with Crippen LogP contribution >= 0.6 is 22.6 Å². The average molecular weight is 542 g/mol. The first-order valence-electron chi connectivity index (χ1n) is 11.7. The van der Waals surface area contributed by atoms with Gasteiger partial charge in [0.1, 0.15) is 11.6 Å². The molecule has 168 valence electrons. The number of H-pyrrole nitrogens is 1. The third kappa shape index (κ3) is 4.85. The number of nitrogens with one attached hydrogen (secondary N) is 1. The molecule has 1 N–H and O–H groups in total. The largest absolute Gasteiger partial charge is 0.341 e. The lowest BCUT2D eigenvalue weighted by Gasteiger charge is -2.34. The van der Waals surface area contributed by atoms with Crippen molar-refractivity contribution in [3.63, 3.8) is 0 Å². The number of unbranched alkanes of at least 4 members (excludes halogenated alkanes) is 2. The van der Waals surface area contributed by atoms with E-state index in [4.69, 9.17) is 4.98 Å². The van der Waals surface area contributed by atoms with E-state index in [1.807, 2.05) is 12.3 Å². The Kier molecular flexibility index (Phi) is 7.18. The van der Waals surface area contributed by atoms with E-state index < -0.39 is 0 Å². The fourth-order valence-corrected chi connectivity index (χ4v) is 5.72. The molecule has 0 aliphatic heterocycles. The maximum absolute atomic E-state index is 14.2. The molecule has 0 amide bonds. The number of halogens is 2. The Morgan fingerprint density at radius 2 is 2.03 bits per heavy atom. The Balaban J connectivity index is 1.72. The van der Waals surface area contributed by atoms with Gasteiger partial charge in [-0.25, -0.2) is 9.37 Å². The molecule has 4 rings (SSSR count). The van der Waals surface area contributed by atoms with Crippen molar-refractivity contribution in [1.82, 2.24) is 9.97 Å². The number of hydrogen-bond donors (Lipinski definition) is 1. The summed E-state index contributed by atoms with van der Waals surface area (Å²) in [6.45, 7) is 6.74. The Hall–Kier alpha value is -1.95. The summed E-state index contributed by atoms with van der Waals surface area (Å²) >= 11 is 2.42. The standard InChI is InChI=1S/C28H32FIN2/c1-4-5-6-8-20-11-12-22(29)15-24(20)26-18-31-27(32-26)28(16-19(2)3)14-13-23-21(17-28)9-7-10-25(23)30/h7,9-15,18-19H,4-6,8,16-17H2,1-3H3,(H,31,32). The van der Waals surface area contributed by atoms with Crippen LogP contribution in [0.2, 0.25) is 0 Å². The molecule has 1 unspecified atom stereocenters. The molecule has 1 aliphatic rings. The van der Waals surface area contributed by atoms with Gasteiger partial charge in [-0.1, -0.05) is 64.0 Å². The van der Waals surface area contributed by atoms with Gasteiger partial charge in [-0.15, -0.1) is 0 Å². The van der Waals surface area contributed by atoms with Gasteiger partial charge >= 0.3 is 0 Å². The maximum Gasteiger partial charge on any atom is 0.123 e. The molecular weight excluding hydrogens is 510 g/mol. The number of benzene rings is 2. The number of aromatic nitrogens is 2. The number of allylic oxidation sites excluding steroid dienone is 1. The Morgan fingerprint density at radius 1 is 1.19 bits per heavy atom. The van der Waals surface area contributed by atoms with Crippen LogP contribution in [0.15, 0.2) is 48.7 Å². The van der Waals surface area contributed by atoms with Gasteiger partial charge in [-0.05, 0) is 89.1 Å². The van der Waals surface area contributed by atoms with Crippen molar-refractivity contribution in [2.75, 3.05) is 0 Å². The second-order valence-electron chi connectivity index (χ2n) is 9.48. The predicted octanol–water partition coefficient (Wildman–Crippen LogP) is 8.11. The number of hydrogen-bond acceptors (Lipinski definition) is 1. The normalized spacial score (nSPS) is 17.7. The van der Waals surface area contributed by atoms with E-state index in [2.05, 4.69) is 78.7 Å². The fourth-order valence-electron chi connectivity index (χ4n) is 4.99. The van der Waals surface area contributed by atoms with Crippen LogP contribution < -0.4 is 0 Å². The zero-order chi connectivity index (χ0) is 22.7. The molecule has 1 atom stereocenters. The number of rotatable bonds is 8. The molecule has 0 fully saturated rings. The molecule has 1 heterocycles. The quantitative estimate of drug-likeness (QED) is 0.226. The van der Waals surface area contributed by atoms with Crippen LogP contribution in [0, 0.1) is 15.3 Å². The van der Waals surface area contributed by atoms with Crippen molar-refractivity contribution in [3.8, 4) is 11.3 Å². The summed E-state index contributed by atoms with van der Waals surface area (Å²) in [6, 6.07) is 11.7. The minimum atomic E-state index is -0.201. The van der Waals surface area contributed by atoms with Crippen LogP contribution in [-0.4, -0.2) is 9.97 Å². The summed E-state index contributed by atoms with van der Waals surface area (Å²) in [5.74, 6) is 1.30. The third-order valence-electron chi connectivity index (χ3n) is 6.45. The highest BCUT2D eigenvalue weighted by Gasteiger charge is 2.36. The lowest BCUT2D eigenvalue weighted by Crippen LogP contribution is -2.32. The summed E-state index contributed by atoms with van der Waals surface area (Å²) < 4.78 is 15.5. The second-order valence-corrected chi connectivity index (χ2v) is 10.6. The van der Waals surface area contributed by atoms with E-state index in [0.717, 1.165) is 42.8 Å². The van der Waals surface area contributed by atoms with E-state index in [-0.39, 0.29) is 11.2 Å². The topological polar surface area (TPSA) is 28.7 Å². The molecule has 32 heavy (non-hydrogen) atoms. The van der Waals surface area contributed by atoms with Crippen LogP contribution in [-0.2, 0) is 18.3 Å². The monoisotopic (exact) mass is 542 g/mol. The maximum atomic E-state index is 14.2. The van der Waals surface area contributed by atoms with E-state index in [1.165, 1.54) is 33.1 Å². The van der Waals surface area contributed by atoms with Gasteiger partial charge in [-0.2, -0.15) is 0 Å². The number of nitrogens with zero attached hydrogens (tertiary/aromatic N) is 1. The second kappa shape index (κ2) is 9.90. The zero-order valence-electron chi connectivity index (χ0n) is 19.2. The van der Waals surface area contributed by atoms with Crippen molar-refractivity contribution in [3.05, 3.63) is 80.6 Å². The molecule has 4 heteroatoms. The molecule has 1 aliphatic carbocycles. The molecule has 1 aromatic heterocycles.